The monoisotopic (exact) mass is 605 g/mol. The summed E-state index contributed by atoms with van der Waals surface area (Å²) in [6.07, 6.45) is 0.490. The van der Waals surface area contributed by atoms with Crippen molar-refractivity contribution in [1.29, 1.82) is 0 Å². The number of hydrogen-bond donors (Lipinski definition) is 3. The maximum absolute atomic E-state index is 14.0. The van der Waals surface area contributed by atoms with Crippen LogP contribution in [0.1, 0.15) is 40.7 Å². The lowest BCUT2D eigenvalue weighted by Crippen LogP contribution is -2.74. The average molecular weight is 606 g/mol. The molecule has 44 heavy (non-hydrogen) atoms. The van der Waals surface area contributed by atoms with Crippen LogP contribution in [0.2, 0.25) is 0 Å². The van der Waals surface area contributed by atoms with Gasteiger partial charge in [0.1, 0.15) is 11.9 Å². The number of benzene rings is 2. The minimum atomic E-state index is -2.75. The first-order chi connectivity index (χ1) is 20.8. The Balaban J connectivity index is 1.35. The van der Waals surface area contributed by atoms with Crippen molar-refractivity contribution < 1.29 is 38.6 Å². The Kier molecular flexibility index (Phi) is 7.54. The molecule has 3 aliphatic carbocycles. The minimum Gasteiger partial charge on any atom is -0.507 e. The number of carbonyl (C=O) groups excluding carboxylic acids is 5. The van der Waals surface area contributed by atoms with Crippen LogP contribution in [0.5, 0.6) is 5.75 Å². The van der Waals surface area contributed by atoms with Crippen LogP contribution in [-0.4, -0.2) is 94.1 Å². The minimum absolute atomic E-state index is 0.00645. The Labute approximate surface area is 254 Å². The second-order valence-corrected chi connectivity index (χ2v) is 12.9. The van der Waals surface area contributed by atoms with Crippen molar-refractivity contribution in [1.82, 2.24) is 9.80 Å². The second-order valence-electron chi connectivity index (χ2n) is 12.9. The number of halogens is 1. The molecule has 1 amide bonds. The van der Waals surface area contributed by atoms with E-state index in [-0.39, 0.29) is 24.2 Å². The van der Waals surface area contributed by atoms with Gasteiger partial charge in [-0.2, -0.15) is 0 Å². The van der Waals surface area contributed by atoms with Crippen molar-refractivity contribution in [3.63, 3.8) is 0 Å². The number of amides is 1. The van der Waals surface area contributed by atoms with Crippen LogP contribution in [0, 0.1) is 23.7 Å². The quantitative estimate of drug-likeness (QED) is 0.429. The normalized spacial score (nSPS) is 31.1. The molecule has 2 aromatic carbocycles. The van der Waals surface area contributed by atoms with E-state index >= 15 is 0 Å². The molecule has 1 saturated heterocycles. The van der Waals surface area contributed by atoms with Gasteiger partial charge in [-0.05, 0) is 74.0 Å². The molecule has 6 rings (SSSR count). The molecule has 0 radical (unpaired) electrons. The summed E-state index contributed by atoms with van der Waals surface area (Å²) in [5.74, 6) is -10.7. The van der Waals surface area contributed by atoms with E-state index < -0.39 is 70.5 Å². The fraction of sp³-hybridized carbons (Fsp3) is 0.485. The molecule has 11 heteroatoms. The molecule has 0 bridgehead atoms. The summed E-state index contributed by atoms with van der Waals surface area (Å²) in [4.78, 5) is 70.5. The third-order valence-electron chi connectivity index (χ3n) is 10.1. The zero-order chi connectivity index (χ0) is 31.7. The Morgan fingerprint density at radius 3 is 2.32 bits per heavy atom. The highest BCUT2D eigenvalue weighted by atomic mass is 19.1. The molecule has 232 valence electrons. The van der Waals surface area contributed by atoms with E-state index in [0.29, 0.717) is 43.6 Å². The number of nitrogens with two attached hydrogens (primary N) is 1. The van der Waals surface area contributed by atoms with Gasteiger partial charge in [0.15, 0.2) is 34.7 Å². The van der Waals surface area contributed by atoms with Gasteiger partial charge in [-0.15, -0.1) is 0 Å². The first kappa shape index (κ1) is 30.2. The summed E-state index contributed by atoms with van der Waals surface area (Å²) in [5, 5.41) is 22.6. The molecule has 10 nitrogen and oxygen atoms in total. The smallest absolute Gasteiger partial charge is 0.235 e. The number of aliphatic hydroxyl groups is 1. The number of phenolic OH excluding ortho intramolecular Hbond substituents is 1. The number of alkyl halides is 1. The summed E-state index contributed by atoms with van der Waals surface area (Å²) >= 11 is 0. The Hall–Kier alpha value is -3.80. The number of ketones is 4. The van der Waals surface area contributed by atoms with Gasteiger partial charge in [-0.1, -0.05) is 30.3 Å². The van der Waals surface area contributed by atoms with E-state index in [2.05, 4.69) is 4.90 Å². The topological polar surface area (TPSA) is 158 Å². The van der Waals surface area contributed by atoms with Gasteiger partial charge in [-0.25, -0.2) is 4.39 Å². The molecule has 2 aromatic rings. The number of rotatable bonds is 5. The third-order valence-corrected chi connectivity index (χ3v) is 10.1. The lowest BCUT2D eigenvalue weighted by atomic mass is 9.52. The van der Waals surface area contributed by atoms with Crippen molar-refractivity contribution in [3.05, 3.63) is 53.1 Å². The van der Waals surface area contributed by atoms with Gasteiger partial charge in [-0.3, -0.25) is 33.8 Å². The highest BCUT2D eigenvalue weighted by Crippen LogP contribution is 2.51. The van der Waals surface area contributed by atoms with Crippen LogP contribution in [0.3, 0.4) is 0 Å². The summed E-state index contributed by atoms with van der Waals surface area (Å²) < 4.78 is 13.5. The van der Waals surface area contributed by atoms with E-state index in [1.165, 1.54) is 11.0 Å². The van der Waals surface area contributed by atoms with E-state index in [9.17, 15) is 38.6 Å². The molecule has 4 N–H and O–H groups in total. The molecule has 0 aromatic heterocycles. The number of Topliss-reactive ketones (excluding diaryl/α,β-unsaturated/α-hetero) is 4. The van der Waals surface area contributed by atoms with Crippen LogP contribution in [0.25, 0.3) is 11.1 Å². The van der Waals surface area contributed by atoms with Crippen LogP contribution in [0.15, 0.2) is 36.4 Å². The van der Waals surface area contributed by atoms with Crippen LogP contribution in [-0.2, 0) is 32.1 Å². The molecule has 6 atom stereocenters. The van der Waals surface area contributed by atoms with Gasteiger partial charge in [0.2, 0.25) is 5.91 Å². The molecule has 0 spiro atoms. The van der Waals surface area contributed by atoms with E-state index in [0.717, 1.165) is 11.1 Å². The molecular formula is C33H36FN3O7. The number of carbonyl (C=O) groups is 5. The molecular weight excluding hydrogens is 569 g/mol. The van der Waals surface area contributed by atoms with Crippen molar-refractivity contribution >= 4 is 29.0 Å². The maximum atomic E-state index is 14.0. The number of fused-ring (bicyclic) bond motifs is 3. The van der Waals surface area contributed by atoms with Crippen molar-refractivity contribution in [3.8, 4) is 16.9 Å². The summed E-state index contributed by atoms with van der Waals surface area (Å²) in [5.41, 5.74) is 5.71. The number of aromatic hydroxyl groups is 1. The lowest BCUT2D eigenvalue weighted by Gasteiger charge is -2.52. The molecule has 2 saturated carbocycles. The van der Waals surface area contributed by atoms with Crippen LogP contribution < -0.4 is 5.73 Å². The van der Waals surface area contributed by atoms with Crippen molar-refractivity contribution in [2.75, 3.05) is 27.2 Å². The van der Waals surface area contributed by atoms with Gasteiger partial charge < -0.3 is 15.9 Å². The van der Waals surface area contributed by atoms with E-state index in [4.69, 9.17) is 5.73 Å². The van der Waals surface area contributed by atoms with E-state index in [1.54, 1.807) is 20.2 Å². The first-order valence-corrected chi connectivity index (χ1v) is 15.0. The van der Waals surface area contributed by atoms with Gasteiger partial charge in [0.05, 0.1) is 17.5 Å². The molecule has 1 heterocycles. The molecule has 4 aliphatic rings. The number of nitrogens with zero attached hydrogens (tertiary/aromatic N) is 2. The largest absolute Gasteiger partial charge is 0.507 e. The Morgan fingerprint density at radius 2 is 1.70 bits per heavy atom. The number of likely N-dealkylation sites (tertiary alicyclic amines) is 1. The molecule has 1 aliphatic heterocycles. The zero-order valence-electron chi connectivity index (χ0n) is 24.7. The first-order valence-electron chi connectivity index (χ1n) is 15.0. The van der Waals surface area contributed by atoms with E-state index in [1.807, 2.05) is 24.3 Å². The van der Waals surface area contributed by atoms with Gasteiger partial charge in [0.25, 0.3) is 0 Å². The fourth-order valence-electron chi connectivity index (χ4n) is 7.98. The SMILES string of the molecule is CN(C)[C@@H]1C(=O)C(C(N)=O)C(=O)[C@@]2(O)C(=O)C3C(=O)c4c(O)ccc(-c5ccc(CN6CCC(F)CC6)cc5)c4C[C@H]3C[C@@H]12. The number of phenols is 1. The highest BCUT2D eigenvalue weighted by molar-refractivity contribution is 6.32. The lowest BCUT2D eigenvalue weighted by molar-refractivity contribution is -0.181. The summed E-state index contributed by atoms with van der Waals surface area (Å²) in [7, 11) is 3.11. The Bertz CT molecular complexity index is 1570. The number of primary amides is 1. The van der Waals surface area contributed by atoms with Crippen LogP contribution in [0.4, 0.5) is 4.39 Å². The molecule has 3 fully saturated rings. The predicted molar refractivity (Wildman–Crippen MR) is 156 cm³/mol. The third kappa shape index (κ3) is 4.60. The number of likely N-dealkylation sites (N-methyl/N-ethyl adjacent to an activating group) is 1. The summed E-state index contributed by atoms with van der Waals surface area (Å²) in [6.45, 7) is 2.09. The number of hydrogen-bond acceptors (Lipinski definition) is 9. The van der Waals surface area contributed by atoms with Gasteiger partial charge >= 0.3 is 0 Å². The van der Waals surface area contributed by atoms with Crippen molar-refractivity contribution in [2.24, 2.45) is 29.4 Å². The predicted octanol–water partition coefficient (Wildman–Crippen LogP) is 1.47. The fourth-order valence-corrected chi connectivity index (χ4v) is 7.98. The highest BCUT2D eigenvalue weighted by Gasteiger charge is 2.69. The van der Waals surface area contributed by atoms with Crippen molar-refractivity contribution in [2.45, 2.75) is 50.0 Å². The van der Waals surface area contributed by atoms with Crippen LogP contribution >= 0.6 is 0 Å². The zero-order valence-corrected chi connectivity index (χ0v) is 24.7. The second kappa shape index (κ2) is 11.0. The summed E-state index contributed by atoms with van der Waals surface area (Å²) in [6, 6.07) is 9.77. The Morgan fingerprint density at radius 1 is 1.05 bits per heavy atom. The average Bonchev–Trinajstić information content (AvgIpc) is 2.96. The molecule has 2 unspecified atom stereocenters. The number of piperidine rings is 1. The maximum Gasteiger partial charge on any atom is 0.235 e. The standard InChI is InChI=1S/C33H36FN3O7/c1-36(2)27-22-14-18-13-21-20(17-5-3-16(4-6-17)15-37-11-9-19(34)10-12-37)7-8-23(38)25(21)28(39)24(18)30(41)33(22,44)31(42)26(29(27)40)32(35)43/h3-8,18-19,22,24,26-27,38,44H,9-15H2,1-2H3,(H2,35,43)/t18-,22-,24?,26?,27-,33-/m0/s1. The van der Waals surface area contributed by atoms with Gasteiger partial charge in [0, 0.05) is 25.6 Å².